The minimum absolute atomic E-state index is 0.135. The average molecular weight is 295 g/mol. The van der Waals surface area contributed by atoms with Crippen LogP contribution >= 0.6 is 11.8 Å². The molecule has 5 heteroatoms. The highest BCUT2D eigenvalue weighted by Gasteiger charge is 2.11. The zero-order valence-corrected chi connectivity index (χ0v) is 13.2. The Morgan fingerprint density at radius 1 is 1.25 bits per heavy atom. The van der Waals surface area contributed by atoms with Crippen LogP contribution in [0.3, 0.4) is 0 Å². The molecule has 1 amide bonds. The number of methoxy groups -OCH3 is 1. The van der Waals surface area contributed by atoms with Gasteiger partial charge in [0.25, 0.3) is 0 Å². The summed E-state index contributed by atoms with van der Waals surface area (Å²) in [4.78, 5) is 24.8. The van der Waals surface area contributed by atoms with Crippen molar-refractivity contribution < 1.29 is 14.3 Å². The number of carbonyl (C=O) groups is 2. The molecule has 0 saturated carbocycles. The van der Waals surface area contributed by atoms with Crippen LogP contribution in [0.2, 0.25) is 0 Å². The van der Waals surface area contributed by atoms with Gasteiger partial charge in [-0.25, -0.2) is 4.79 Å². The maximum atomic E-state index is 11.8. The third-order valence-corrected chi connectivity index (χ3v) is 4.03. The number of rotatable bonds is 6. The Hall–Kier alpha value is -1.49. The van der Waals surface area contributed by atoms with Crippen molar-refractivity contribution in [3.8, 4) is 0 Å². The van der Waals surface area contributed by atoms with E-state index in [1.54, 1.807) is 28.8 Å². The fourth-order valence-electron chi connectivity index (χ4n) is 1.50. The van der Waals surface area contributed by atoms with E-state index in [1.165, 1.54) is 7.11 Å². The Balaban J connectivity index is 2.43. The minimum atomic E-state index is -0.335. The van der Waals surface area contributed by atoms with Crippen molar-refractivity contribution in [2.24, 2.45) is 0 Å². The number of ether oxygens (including phenoxy) is 1. The molecule has 0 aliphatic carbocycles. The van der Waals surface area contributed by atoms with E-state index in [4.69, 9.17) is 0 Å². The van der Waals surface area contributed by atoms with Crippen molar-refractivity contribution in [3.05, 3.63) is 35.4 Å². The maximum absolute atomic E-state index is 11.8. The fraction of sp³-hybridized carbons (Fsp3) is 0.467. The highest BCUT2D eigenvalue weighted by atomic mass is 32.2. The lowest BCUT2D eigenvalue weighted by Gasteiger charge is -2.21. The van der Waals surface area contributed by atoms with Crippen molar-refractivity contribution >= 4 is 23.6 Å². The Morgan fingerprint density at radius 2 is 1.85 bits per heavy atom. The quantitative estimate of drug-likeness (QED) is 0.757. The second-order valence-corrected chi connectivity index (χ2v) is 5.77. The van der Waals surface area contributed by atoms with Gasteiger partial charge in [-0.3, -0.25) is 4.79 Å². The number of carbonyl (C=O) groups excluding carboxylic acids is 2. The standard InChI is InChI=1S/C15H21NO3S/c1-11(2)16(3)14(17)10-20-9-12-5-7-13(8-6-12)15(18)19-4/h5-8,11H,9-10H2,1-4H3. The third-order valence-electron chi connectivity index (χ3n) is 3.04. The van der Waals surface area contributed by atoms with Crippen LogP contribution in [0.1, 0.15) is 29.8 Å². The molecule has 0 aliphatic rings. The van der Waals surface area contributed by atoms with Crippen LogP contribution in [0, 0.1) is 0 Å². The SMILES string of the molecule is COC(=O)c1ccc(CSCC(=O)N(C)C(C)C)cc1. The van der Waals surface area contributed by atoms with E-state index in [-0.39, 0.29) is 17.9 Å². The van der Waals surface area contributed by atoms with Crippen LogP contribution in [0.5, 0.6) is 0 Å². The molecule has 0 spiro atoms. The molecule has 0 atom stereocenters. The molecule has 0 unspecified atom stereocenters. The van der Waals surface area contributed by atoms with Crippen LogP contribution in [0.25, 0.3) is 0 Å². The largest absolute Gasteiger partial charge is 0.465 e. The van der Waals surface area contributed by atoms with Crippen LogP contribution in [-0.2, 0) is 15.3 Å². The van der Waals surface area contributed by atoms with E-state index in [1.807, 2.05) is 33.0 Å². The van der Waals surface area contributed by atoms with Crippen LogP contribution < -0.4 is 0 Å². The van der Waals surface area contributed by atoms with E-state index in [9.17, 15) is 9.59 Å². The lowest BCUT2D eigenvalue weighted by Crippen LogP contribution is -2.34. The summed E-state index contributed by atoms with van der Waals surface area (Å²) in [5.74, 6) is 1.01. The number of hydrogen-bond acceptors (Lipinski definition) is 4. The Morgan fingerprint density at radius 3 is 2.35 bits per heavy atom. The predicted octanol–water partition coefficient (Wildman–Crippen LogP) is 2.57. The molecule has 1 aromatic carbocycles. The number of nitrogens with zero attached hydrogens (tertiary/aromatic N) is 1. The molecule has 20 heavy (non-hydrogen) atoms. The lowest BCUT2D eigenvalue weighted by atomic mass is 10.1. The van der Waals surface area contributed by atoms with Gasteiger partial charge in [0.2, 0.25) is 5.91 Å². The van der Waals surface area contributed by atoms with Gasteiger partial charge in [0, 0.05) is 18.8 Å². The van der Waals surface area contributed by atoms with Crippen molar-refractivity contribution in [2.45, 2.75) is 25.6 Å². The zero-order chi connectivity index (χ0) is 15.1. The Kier molecular flexibility index (Phi) is 6.58. The first-order valence-electron chi connectivity index (χ1n) is 6.46. The van der Waals surface area contributed by atoms with Gasteiger partial charge in [0.15, 0.2) is 0 Å². The summed E-state index contributed by atoms with van der Waals surface area (Å²) in [5.41, 5.74) is 1.62. The molecule has 0 saturated heterocycles. The molecule has 0 bridgehead atoms. The summed E-state index contributed by atoms with van der Waals surface area (Å²) in [6.07, 6.45) is 0. The molecule has 0 radical (unpaired) electrons. The second kappa shape index (κ2) is 7.94. The third kappa shape index (κ3) is 4.89. The number of amides is 1. The van der Waals surface area contributed by atoms with Gasteiger partial charge in [0.05, 0.1) is 18.4 Å². The van der Waals surface area contributed by atoms with Crippen LogP contribution in [0.15, 0.2) is 24.3 Å². The monoisotopic (exact) mass is 295 g/mol. The smallest absolute Gasteiger partial charge is 0.337 e. The van der Waals surface area contributed by atoms with Gasteiger partial charge in [-0.2, -0.15) is 0 Å². The summed E-state index contributed by atoms with van der Waals surface area (Å²) < 4.78 is 4.64. The lowest BCUT2D eigenvalue weighted by molar-refractivity contribution is -0.128. The highest BCUT2D eigenvalue weighted by molar-refractivity contribution is 7.99. The van der Waals surface area contributed by atoms with Crippen LogP contribution in [0.4, 0.5) is 0 Å². The molecule has 0 fully saturated rings. The number of benzene rings is 1. The Labute approximate surface area is 124 Å². The minimum Gasteiger partial charge on any atom is -0.465 e. The predicted molar refractivity (Wildman–Crippen MR) is 81.8 cm³/mol. The topological polar surface area (TPSA) is 46.6 Å². The first-order valence-corrected chi connectivity index (χ1v) is 7.61. The fourth-order valence-corrected chi connectivity index (χ4v) is 2.41. The van der Waals surface area contributed by atoms with Crippen molar-refractivity contribution in [2.75, 3.05) is 19.9 Å². The first kappa shape index (κ1) is 16.6. The second-order valence-electron chi connectivity index (χ2n) is 4.78. The van der Waals surface area contributed by atoms with Crippen molar-refractivity contribution in [1.82, 2.24) is 4.90 Å². The summed E-state index contributed by atoms with van der Waals surface area (Å²) >= 11 is 1.57. The normalized spacial score (nSPS) is 10.4. The molecule has 0 N–H and O–H groups in total. The van der Waals surface area contributed by atoms with E-state index < -0.39 is 0 Å². The maximum Gasteiger partial charge on any atom is 0.337 e. The van der Waals surface area contributed by atoms with Gasteiger partial charge in [-0.15, -0.1) is 11.8 Å². The number of thioether (sulfide) groups is 1. The summed E-state index contributed by atoms with van der Waals surface area (Å²) in [6.45, 7) is 3.99. The molecule has 0 heterocycles. The highest BCUT2D eigenvalue weighted by Crippen LogP contribution is 2.14. The van der Waals surface area contributed by atoms with Gasteiger partial charge in [-0.05, 0) is 31.5 Å². The summed E-state index contributed by atoms with van der Waals surface area (Å²) in [5, 5.41) is 0. The van der Waals surface area contributed by atoms with E-state index in [0.29, 0.717) is 11.3 Å². The van der Waals surface area contributed by atoms with Gasteiger partial charge in [-0.1, -0.05) is 12.1 Å². The molecule has 0 aromatic heterocycles. The molecule has 1 rings (SSSR count). The summed E-state index contributed by atoms with van der Waals surface area (Å²) in [7, 11) is 3.18. The first-order chi connectivity index (χ1) is 9.45. The van der Waals surface area contributed by atoms with Crippen molar-refractivity contribution in [3.63, 3.8) is 0 Å². The Bertz CT molecular complexity index is 457. The van der Waals surface area contributed by atoms with Crippen molar-refractivity contribution in [1.29, 1.82) is 0 Å². The van der Waals surface area contributed by atoms with Crippen LogP contribution in [-0.4, -0.2) is 42.7 Å². The molecule has 4 nitrogen and oxygen atoms in total. The average Bonchev–Trinajstić information content (AvgIpc) is 2.46. The zero-order valence-electron chi connectivity index (χ0n) is 12.4. The molecule has 0 aliphatic heterocycles. The molecule has 1 aromatic rings. The van der Waals surface area contributed by atoms with E-state index in [0.717, 1.165) is 11.3 Å². The van der Waals surface area contributed by atoms with E-state index >= 15 is 0 Å². The molecular weight excluding hydrogens is 274 g/mol. The van der Waals surface area contributed by atoms with Gasteiger partial charge >= 0.3 is 5.97 Å². The van der Waals surface area contributed by atoms with Gasteiger partial charge < -0.3 is 9.64 Å². The molecule has 110 valence electrons. The number of esters is 1. The van der Waals surface area contributed by atoms with E-state index in [2.05, 4.69) is 4.74 Å². The number of hydrogen-bond donors (Lipinski definition) is 0. The van der Waals surface area contributed by atoms with Gasteiger partial charge in [0.1, 0.15) is 0 Å². The molecular formula is C15H21NO3S. The summed E-state index contributed by atoms with van der Waals surface area (Å²) in [6, 6.07) is 7.47.